The van der Waals surface area contributed by atoms with Gasteiger partial charge in [-0.05, 0) is 73.6 Å². The Bertz CT molecular complexity index is 1380. The number of hydrogen-bond acceptors (Lipinski definition) is 3. The lowest BCUT2D eigenvalue weighted by molar-refractivity contribution is -0.139. The van der Waals surface area contributed by atoms with Crippen molar-refractivity contribution in [1.82, 2.24) is 0 Å². The highest BCUT2D eigenvalue weighted by Crippen LogP contribution is 2.36. The van der Waals surface area contributed by atoms with Gasteiger partial charge in [0.1, 0.15) is 5.82 Å². The second-order valence-electron chi connectivity index (χ2n) is 9.27. The van der Waals surface area contributed by atoms with Gasteiger partial charge < -0.3 is 9.47 Å². The largest absolute Gasteiger partial charge is 0.490 e. The van der Waals surface area contributed by atoms with Gasteiger partial charge in [-0.15, -0.1) is 0 Å². The molecular formula is C30H27F5O3. The van der Waals surface area contributed by atoms with Gasteiger partial charge >= 0.3 is 5.97 Å². The molecule has 1 atom stereocenters. The summed E-state index contributed by atoms with van der Waals surface area (Å²) in [5.41, 5.74) is 1.12. The maximum atomic E-state index is 15.0. The summed E-state index contributed by atoms with van der Waals surface area (Å²) in [5.74, 6) is -7.10. The van der Waals surface area contributed by atoms with E-state index in [2.05, 4.69) is 0 Å². The van der Waals surface area contributed by atoms with Crippen molar-refractivity contribution in [3.05, 3.63) is 88.8 Å². The van der Waals surface area contributed by atoms with E-state index in [0.717, 1.165) is 12.5 Å². The monoisotopic (exact) mass is 530 g/mol. The lowest BCUT2D eigenvalue weighted by Gasteiger charge is -2.21. The van der Waals surface area contributed by atoms with Crippen molar-refractivity contribution in [2.45, 2.75) is 46.0 Å². The minimum atomic E-state index is -1.22. The highest BCUT2D eigenvalue weighted by molar-refractivity contribution is 5.78. The molecule has 0 spiro atoms. The van der Waals surface area contributed by atoms with Crippen molar-refractivity contribution in [2.75, 3.05) is 6.61 Å². The molecule has 0 bridgehead atoms. The van der Waals surface area contributed by atoms with Gasteiger partial charge in [0.05, 0.1) is 12.5 Å². The average Bonchev–Trinajstić information content (AvgIpc) is 2.91. The maximum Gasteiger partial charge on any atom is 0.314 e. The summed E-state index contributed by atoms with van der Waals surface area (Å²) in [6.07, 6.45) is 4.14. The van der Waals surface area contributed by atoms with Crippen LogP contribution in [0.2, 0.25) is 0 Å². The Morgan fingerprint density at radius 3 is 2.29 bits per heavy atom. The van der Waals surface area contributed by atoms with Crippen LogP contribution in [0.5, 0.6) is 11.5 Å². The van der Waals surface area contributed by atoms with Crippen LogP contribution in [0.1, 0.15) is 50.2 Å². The number of carbonyl (C=O) groups excluding carboxylic acids is 1. The Morgan fingerprint density at radius 2 is 1.61 bits per heavy atom. The quantitative estimate of drug-likeness (QED) is 0.127. The van der Waals surface area contributed by atoms with Gasteiger partial charge in [0, 0.05) is 11.1 Å². The van der Waals surface area contributed by atoms with Gasteiger partial charge in [0.2, 0.25) is 11.6 Å². The number of carbonyl (C=O) groups is 1. The molecule has 3 aromatic carbocycles. The van der Waals surface area contributed by atoms with Crippen molar-refractivity contribution in [2.24, 2.45) is 5.92 Å². The lowest BCUT2D eigenvalue weighted by atomic mass is 9.86. The van der Waals surface area contributed by atoms with Gasteiger partial charge in [-0.25, -0.2) is 13.2 Å². The van der Waals surface area contributed by atoms with E-state index in [0.29, 0.717) is 24.8 Å². The number of hydrogen-bond donors (Lipinski definition) is 0. The molecule has 0 fully saturated rings. The van der Waals surface area contributed by atoms with Crippen LogP contribution in [-0.2, 0) is 4.79 Å². The summed E-state index contributed by atoms with van der Waals surface area (Å²) in [6.45, 7) is 3.62. The maximum absolute atomic E-state index is 15.0. The number of rotatable bonds is 8. The van der Waals surface area contributed by atoms with E-state index in [9.17, 15) is 22.4 Å². The van der Waals surface area contributed by atoms with Crippen molar-refractivity contribution in [1.29, 1.82) is 0 Å². The number of ether oxygens (including phenoxy) is 2. The molecule has 4 rings (SSSR count). The van der Waals surface area contributed by atoms with Gasteiger partial charge in [0.25, 0.3) is 0 Å². The Balaban J connectivity index is 1.46. The number of benzene rings is 3. The fraction of sp³-hybridized carbons (Fsp3) is 0.300. The van der Waals surface area contributed by atoms with Crippen LogP contribution in [-0.4, -0.2) is 12.6 Å². The first-order valence-electron chi connectivity index (χ1n) is 12.5. The molecule has 0 amide bonds. The highest BCUT2D eigenvalue weighted by Gasteiger charge is 2.26. The Hall–Kier alpha value is -3.68. The van der Waals surface area contributed by atoms with Crippen LogP contribution in [0.25, 0.3) is 16.7 Å². The minimum absolute atomic E-state index is 0.0870. The molecule has 1 aliphatic rings. The summed E-state index contributed by atoms with van der Waals surface area (Å²) in [6, 6.07) is 9.34. The van der Waals surface area contributed by atoms with Crippen LogP contribution in [0, 0.1) is 41.9 Å². The zero-order valence-electron chi connectivity index (χ0n) is 21.1. The molecule has 0 heterocycles. The third-order valence-corrected chi connectivity index (χ3v) is 6.62. The Labute approximate surface area is 217 Å². The van der Waals surface area contributed by atoms with E-state index < -0.39 is 46.7 Å². The SMILES string of the molecule is CCCCOc1ccc(-c2ccc(C3=CCC(C(=O)Oc4ccc(C)c(F)c4F)CC3)c(F)c2)c(F)c1F. The molecule has 200 valence electrons. The summed E-state index contributed by atoms with van der Waals surface area (Å²) in [4.78, 5) is 12.5. The average molecular weight is 531 g/mol. The zero-order chi connectivity index (χ0) is 27.4. The topological polar surface area (TPSA) is 35.5 Å². The standard InChI is InChI=1S/C30H27F5O3/c1-3-4-15-37-24-14-12-22(27(33)28(24)34)20-10-11-21(23(31)16-20)18-6-8-19(9-7-18)30(36)38-25-13-5-17(2)26(32)29(25)35/h5-6,10-14,16,19H,3-4,7-9,15H2,1-2H3. The lowest BCUT2D eigenvalue weighted by Crippen LogP contribution is -2.23. The predicted octanol–water partition coefficient (Wildman–Crippen LogP) is 8.33. The van der Waals surface area contributed by atoms with E-state index in [-0.39, 0.29) is 41.0 Å². The summed E-state index contributed by atoms with van der Waals surface area (Å²) in [5, 5.41) is 0. The smallest absolute Gasteiger partial charge is 0.314 e. The number of aryl methyl sites for hydroxylation is 1. The normalized spacial score (nSPS) is 15.2. The Kier molecular flexibility index (Phi) is 8.49. The molecule has 38 heavy (non-hydrogen) atoms. The van der Waals surface area contributed by atoms with Crippen molar-refractivity contribution >= 4 is 11.5 Å². The van der Waals surface area contributed by atoms with E-state index >= 15 is 4.39 Å². The van der Waals surface area contributed by atoms with Crippen molar-refractivity contribution in [3.63, 3.8) is 0 Å². The molecular weight excluding hydrogens is 503 g/mol. The first kappa shape index (κ1) is 27.4. The van der Waals surface area contributed by atoms with Gasteiger partial charge in [-0.1, -0.05) is 37.6 Å². The van der Waals surface area contributed by atoms with Crippen LogP contribution in [0.4, 0.5) is 22.0 Å². The number of allylic oxidation sites excluding steroid dienone is 2. The molecule has 8 heteroatoms. The van der Waals surface area contributed by atoms with E-state index in [4.69, 9.17) is 9.47 Å². The number of unbranched alkanes of at least 4 members (excludes halogenated alkanes) is 1. The molecule has 0 saturated heterocycles. The second-order valence-corrected chi connectivity index (χ2v) is 9.27. The van der Waals surface area contributed by atoms with Crippen LogP contribution < -0.4 is 9.47 Å². The molecule has 0 saturated carbocycles. The highest BCUT2D eigenvalue weighted by atomic mass is 19.2. The van der Waals surface area contributed by atoms with Crippen LogP contribution in [0.3, 0.4) is 0 Å². The van der Waals surface area contributed by atoms with Gasteiger partial charge in [0.15, 0.2) is 23.1 Å². The van der Waals surface area contributed by atoms with Crippen LogP contribution >= 0.6 is 0 Å². The Morgan fingerprint density at radius 1 is 0.895 bits per heavy atom. The molecule has 3 nitrogen and oxygen atoms in total. The molecule has 0 radical (unpaired) electrons. The summed E-state index contributed by atoms with van der Waals surface area (Å²) < 4.78 is 82.4. The first-order valence-corrected chi connectivity index (χ1v) is 12.5. The first-order chi connectivity index (χ1) is 18.2. The van der Waals surface area contributed by atoms with Crippen LogP contribution in [0.15, 0.2) is 48.5 Å². The van der Waals surface area contributed by atoms with Gasteiger partial charge in [-0.2, -0.15) is 8.78 Å². The van der Waals surface area contributed by atoms with Crippen molar-refractivity contribution in [3.8, 4) is 22.6 Å². The molecule has 1 unspecified atom stereocenters. The molecule has 0 N–H and O–H groups in total. The third kappa shape index (κ3) is 5.74. The fourth-order valence-electron chi connectivity index (χ4n) is 4.33. The number of esters is 1. The second kappa shape index (κ2) is 11.8. The minimum Gasteiger partial charge on any atom is -0.490 e. The fourth-order valence-corrected chi connectivity index (χ4v) is 4.33. The van der Waals surface area contributed by atoms with Gasteiger partial charge in [-0.3, -0.25) is 4.79 Å². The van der Waals surface area contributed by atoms with E-state index in [1.807, 2.05) is 6.92 Å². The molecule has 0 aromatic heterocycles. The third-order valence-electron chi connectivity index (χ3n) is 6.62. The zero-order valence-corrected chi connectivity index (χ0v) is 21.1. The van der Waals surface area contributed by atoms with E-state index in [1.54, 1.807) is 6.08 Å². The predicted molar refractivity (Wildman–Crippen MR) is 134 cm³/mol. The van der Waals surface area contributed by atoms with Crippen molar-refractivity contribution < 1.29 is 36.2 Å². The molecule has 3 aromatic rings. The summed E-state index contributed by atoms with van der Waals surface area (Å²) >= 11 is 0. The molecule has 0 aliphatic heterocycles. The molecule has 1 aliphatic carbocycles. The summed E-state index contributed by atoms with van der Waals surface area (Å²) in [7, 11) is 0. The number of halogens is 5. The van der Waals surface area contributed by atoms with E-state index in [1.165, 1.54) is 43.3 Å².